The third-order valence-electron chi connectivity index (χ3n) is 3.76. The number of Topliss-reactive ketones (excluding diaryl/α,β-unsaturated/α-hetero) is 1. The van der Waals surface area contributed by atoms with Crippen LogP contribution in [0.5, 0.6) is 0 Å². The summed E-state index contributed by atoms with van der Waals surface area (Å²) in [6.45, 7) is 1.85. The summed E-state index contributed by atoms with van der Waals surface area (Å²) in [6, 6.07) is 2.77. The molecule has 1 aromatic rings. The van der Waals surface area contributed by atoms with Gasteiger partial charge in [-0.1, -0.05) is 0 Å². The Kier molecular flexibility index (Phi) is 4.30. The highest BCUT2D eigenvalue weighted by Gasteiger charge is 2.49. The maximum absolute atomic E-state index is 12.4. The van der Waals surface area contributed by atoms with Gasteiger partial charge < -0.3 is 4.74 Å². The van der Waals surface area contributed by atoms with E-state index in [9.17, 15) is 19.7 Å². The predicted molar refractivity (Wildman–Crippen MR) is 72.7 cm³/mol. The fraction of sp³-hybridized carbons (Fsp3) is 0.500. The monoisotopic (exact) mass is 292 g/mol. The van der Waals surface area contributed by atoms with E-state index >= 15 is 0 Å². The molecular formula is C14H16N2O5. The van der Waals surface area contributed by atoms with Gasteiger partial charge in [-0.2, -0.15) is 0 Å². The van der Waals surface area contributed by atoms with Gasteiger partial charge in [-0.05, 0) is 25.8 Å². The molecule has 1 aliphatic rings. The van der Waals surface area contributed by atoms with Crippen molar-refractivity contribution >= 4 is 17.4 Å². The second-order valence-electron chi connectivity index (χ2n) is 4.97. The smallest absolute Gasteiger partial charge is 0.318 e. The van der Waals surface area contributed by atoms with E-state index in [1.54, 1.807) is 6.92 Å². The summed E-state index contributed by atoms with van der Waals surface area (Å²) in [5.41, 5.74) is -1.31. The molecule has 1 aliphatic carbocycles. The molecule has 112 valence electrons. The van der Waals surface area contributed by atoms with Gasteiger partial charge in [0, 0.05) is 25.1 Å². The zero-order chi connectivity index (χ0) is 15.5. The Morgan fingerprint density at radius 1 is 1.48 bits per heavy atom. The number of pyridine rings is 1. The molecule has 1 fully saturated rings. The SMILES string of the molecule is CCOC(=O)C1(c2ncccc2[N+](=O)[O-])CCC(=O)CC1. The molecule has 1 aromatic heterocycles. The fourth-order valence-corrected chi connectivity index (χ4v) is 2.68. The molecule has 0 bridgehead atoms. The van der Waals surface area contributed by atoms with Gasteiger partial charge >= 0.3 is 5.97 Å². The molecule has 0 N–H and O–H groups in total. The van der Waals surface area contributed by atoms with E-state index in [2.05, 4.69) is 4.98 Å². The van der Waals surface area contributed by atoms with E-state index in [1.807, 2.05) is 0 Å². The van der Waals surface area contributed by atoms with Gasteiger partial charge in [0.25, 0.3) is 5.69 Å². The van der Waals surface area contributed by atoms with E-state index in [4.69, 9.17) is 4.74 Å². The molecule has 0 aromatic carbocycles. The molecule has 0 amide bonds. The zero-order valence-corrected chi connectivity index (χ0v) is 11.7. The van der Waals surface area contributed by atoms with Crippen LogP contribution in [-0.2, 0) is 19.7 Å². The summed E-state index contributed by atoms with van der Waals surface area (Å²) in [7, 11) is 0. The summed E-state index contributed by atoms with van der Waals surface area (Å²) in [6.07, 6.45) is 2.21. The minimum Gasteiger partial charge on any atom is -0.465 e. The molecule has 0 aliphatic heterocycles. The van der Waals surface area contributed by atoms with Crippen LogP contribution in [0.15, 0.2) is 18.3 Å². The average molecular weight is 292 g/mol. The molecule has 21 heavy (non-hydrogen) atoms. The van der Waals surface area contributed by atoms with Crippen molar-refractivity contribution in [2.75, 3.05) is 6.61 Å². The topological polar surface area (TPSA) is 99.4 Å². The van der Waals surface area contributed by atoms with Gasteiger partial charge in [0.2, 0.25) is 0 Å². The highest BCUT2D eigenvalue weighted by atomic mass is 16.6. The molecule has 7 heteroatoms. The largest absolute Gasteiger partial charge is 0.465 e. The number of ketones is 1. The van der Waals surface area contributed by atoms with Crippen molar-refractivity contribution < 1.29 is 19.2 Å². The molecule has 1 saturated carbocycles. The Hall–Kier alpha value is -2.31. The minimum absolute atomic E-state index is 0.0495. The third kappa shape index (κ3) is 2.76. The molecular weight excluding hydrogens is 276 g/mol. The number of esters is 1. The molecule has 0 saturated heterocycles. The van der Waals surface area contributed by atoms with E-state index in [0.717, 1.165) is 0 Å². The van der Waals surface area contributed by atoms with Crippen LogP contribution in [0.25, 0.3) is 0 Å². The Labute approximate surface area is 121 Å². The Morgan fingerprint density at radius 3 is 2.71 bits per heavy atom. The van der Waals surface area contributed by atoms with Crippen molar-refractivity contribution in [3.05, 3.63) is 34.1 Å². The summed E-state index contributed by atoms with van der Waals surface area (Å²) in [5.74, 6) is -0.493. The van der Waals surface area contributed by atoms with Gasteiger partial charge in [-0.15, -0.1) is 0 Å². The molecule has 2 rings (SSSR count). The first-order valence-corrected chi connectivity index (χ1v) is 6.80. The van der Waals surface area contributed by atoms with Crippen LogP contribution in [0.3, 0.4) is 0 Å². The normalized spacial score (nSPS) is 17.3. The first-order valence-electron chi connectivity index (χ1n) is 6.80. The predicted octanol–water partition coefficient (Wildman–Crippen LogP) is 1.93. The van der Waals surface area contributed by atoms with Gasteiger partial charge in [-0.3, -0.25) is 24.7 Å². The number of rotatable bonds is 4. The first kappa shape index (κ1) is 15.1. The maximum atomic E-state index is 12.4. The number of carbonyl (C=O) groups excluding carboxylic acids is 2. The first-order chi connectivity index (χ1) is 10.0. The summed E-state index contributed by atoms with van der Waals surface area (Å²) < 4.78 is 5.10. The third-order valence-corrected chi connectivity index (χ3v) is 3.76. The minimum atomic E-state index is -1.20. The Bertz CT molecular complexity index is 574. The summed E-state index contributed by atoms with van der Waals surface area (Å²) in [5, 5.41) is 11.2. The van der Waals surface area contributed by atoms with Crippen LogP contribution in [0.1, 0.15) is 38.3 Å². The molecule has 1 heterocycles. The van der Waals surface area contributed by atoms with Crippen molar-refractivity contribution in [2.24, 2.45) is 0 Å². The van der Waals surface area contributed by atoms with Crippen molar-refractivity contribution in [3.8, 4) is 0 Å². The number of nitrogens with zero attached hydrogens (tertiary/aromatic N) is 2. The van der Waals surface area contributed by atoms with Gasteiger partial charge in [0.05, 0.1) is 11.5 Å². The highest BCUT2D eigenvalue weighted by molar-refractivity contribution is 5.89. The van der Waals surface area contributed by atoms with Crippen LogP contribution in [-0.4, -0.2) is 28.3 Å². The van der Waals surface area contributed by atoms with Crippen LogP contribution in [0.2, 0.25) is 0 Å². The molecule has 0 unspecified atom stereocenters. The molecule has 7 nitrogen and oxygen atoms in total. The average Bonchev–Trinajstić information content (AvgIpc) is 2.48. The quantitative estimate of drug-likeness (QED) is 0.477. The Balaban J connectivity index is 2.53. The fourth-order valence-electron chi connectivity index (χ4n) is 2.68. The second kappa shape index (κ2) is 5.99. The standard InChI is InChI=1S/C14H16N2O5/c1-2-21-13(18)14(7-5-10(17)6-8-14)12-11(16(19)20)4-3-9-15-12/h3-4,9H,2,5-8H2,1H3. The van der Waals surface area contributed by atoms with Crippen molar-refractivity contribution in [2.45, 2.75) is 38.0 Å². The van der Waals surface area contributed by atoms with Crippen molar-refractivity contribution in [3.63, 3.8) is 0 Å². The zero-order valence-electron chi connectivity index (χ0n) is 11.7. The van der Waals surface area contributed by atoms with E-state index in [-0.39, 0.29) is 49.5 Å². The van der Waals surface area contributed by atoms with Crippen LogP contribution in [0.4, 0.5) is 5.69 Å². The van der Waals surface area contributed by atoms with Crippen molar-refractivity contribution in [1.82, 2.24) is 4.98 Å². The second-order valence-corrected chi connectivity index (χ2v) is 4.97. The van der Waals surface area contributed by atoms with E-state index < -0.39 is 16.3 Å². The maximum Gasteiger partial charge on any atom is 0.318 e. The number of carbonyl (C=O) groups is 2. The van der Waals surface area contributed by atoms with E-state index in [0.29, 0.717) is 0 Å². The number of hydrogen-bond acceptors (Lipinski definition) is 6. The lowest BCUT2D eigenvalue weighted by atomic mass is 9.70. The summed E-state index contributed by atoms with van der Waals surface area (Å²) >= 11 is 0. The summed E-state index contributed by atoms with van der Waals surface area (Å²) in [4.78, 5) is 38.6. The van der Waals surface area contributed by atoms with Crippen LogP contribution >= 0.6 is 0 Å². The number of hydrogen-bond donors (Lipinski definition) is 0. The Morgan fingerprint density at radius 2 is 2.14 bits per heavy atom. The lowest BCUT2D eigenvalue weighted by Crippen LogP contribution is -2.42. The van der Waals surface area contributed by atoms with Gasteiger partial charge in [-0.25, -0.2) is 0 Å². The van der Waals surface area contributed by atoms with E-state index in [1.165, 1.54) is 18.3 Å². The molecule has 0 radical (unpaired) electrons. The number of ether oxygens (including phenoxy) is 1. The lowest BCUT2D eigenvalue weighted by molar-refractivity contribution is -0.386. The highest BCUT2D eigenvalue weighted by Crippen LogP contribution is 2.42. The van der Waals surface area contributed by atoms with Crippen molar-refractivity contribution in [1.29, 1.82) is 0 Å². The number of aromatic nitrogens is 1. The van der Waals surface area contributed by atoms with Crippen LogP contribution < -0.4 is 0 Å². The van der Waals surface area contributed by atoms with Crippen LogP contribution in [0, 0.1) is 10.1 Å². The number of nitro groups is 1. The van der Waals surface area contributed by atoms with Gasteiger partial charge in [0.15, 0.2) is 0 Å². The molecule has 0 atom stereocenters. The molecule has 0 spiro atoms. The lowest BCUT2D eigenvalue weighted by Gasteiger charge is -2.33. The van der Waals surface area contributed by atoms with Gasteiger partial charge in [0.1, 0.15) is 16.9 Å².